The molecule has 7 heteroatoms. The van der Waals surface area contributed by atoms with Crippen LogP contribution in [0.25, 0.3) is 0 Å². The molecule has 0 saturated carbocycles. The summed E-state index contributed by atoms with van der Waals surface area (Å²) < 4.78 is 0. The number of aryl methyl sites for hydroxylation is 1. The Morgan fingerprint density at radius 2 is 2.15 bits per heavy atom. The zero-order chi connectivity index (χ0) is 14.7. The molecule has 1 aromatic rings. The average molecular weight is 297 g/mol. The van der Waals surface area contributed by atoms with Gasteiger partial charge in [-0.25, -0.2) is 4.99 Å². The molecule has 0 atom stereocenters. The maximum atomic E-state index is 11.2. The minimum atomic E-state index is -0.348. The first kappa shape index (κ1) is 14.6. The van der Waals surface area contributed by atoms with Gasteiger partial charge >= 0.3 is 0 Å². The van der Waals surface area contributed by atoms with Crippen molar-refractivity contribution in [1.82, 2.24) is 0 Å². The second-order valence-electron chi connectivity index (χ2n) is 4.82. The number of hydrogen-bond donors (Lipinski definition) is 1. The third kappa shape index (κ3) is 3.01. The number of benzene rings is 1. The van der Waals surface area contributed by atoms with Gasteiger partial charge in [0.15, 0.2) is 0 Å². The molecule has 1 heterocycles. The highest BCUT2D eigenvalue weighted by atomic mass is 35.5. The van der Waals surface area contributed by atoms with Gasteiger partial charge in [-0.15, -0.1) is 11.6 Å². The van der Waals surface area contributed by atoms with E-state index in [0.717, 1.165) is 25.9 Å². The number of nitrogens with zero attached hydrogens (tertiary/aromatic N) is 3. The fraction of sp³-hybridized carbons (Fsp3) is 0.462. The van der Waals surface area contributed by atoms with E-state index in [1.54, 1.807) is 19.1 Å². The highest BCUT2D eigenvalue weighted by molar-refractivity contribution is 6.28. The Bertz CT molecular complexity index is 554. The lowest BCUT2D eigenvalue weighted by molar-refractivity contribution is -0.384. The summed E-state index contributed by atoms with van der Waals surface area (Å²) >= 11 is 5.63. The van der Waals surface area contributed by atoms with Crippen molar-refractivity contribution in [2.24, 2.45) is 10.7 Å². The molecule has 1 aliphatic rings. The van der Waals surface area contributed by atoms with E-state index in [1.807, 2.05) is 4.90 Å². The quantitative estimate of drug-likeness (QED) is 0.304. The maximum absolute atomic E-state index is 11.2. The Labute approximate surface area is 122 Å². The van der Waals surface area contributed by atoms with Gasteiger partial charge in [-0.05, 0) is 31.4 Å². The van der Waals surface area contributed by atoms with Crippen molar-refractivity contribution in [3.05, 3.63) is 27.8 Å². The summed E-state index contributed by atoms with van der Waals surface area (Å²) in [6.07, 6.45) is 2.10. The molecule has 0 spiro atoms. The number of nitro groups is 1. The molecule has 1 fully saturated rings. The summed E-state index contributed by atoms with van der Waals surface area (Å²) in [5, 5.41) is 11.2. The topological polar surface area (TPSA) is 84.8 Å². The Kier molecular flexibility index (Phi) is 4.44. The number of nitrogens with two attached hydrogens (primary N) is 1. The van der Waals surface area contributed by atoms with Gasteiger partial charge in [0.25, 0.3) is 5.69 Å². The molecular formula is C13H17ClN4O2. The molecule has 0 aliphatic carbocycles. The number of nitro benzene ring substituents is 1. The Balaban J connectivity index is 2.51. The lowest BCUT2D eigenvalue weighted by Gasteiger charge is -2.18. The van der Waals surface area contributed by atoms with Crippen LogP contribution >= 0.6 is 11.6 Å². The number of alkyl halides is 1. The smallest absolute Gasteiger partial charge is 0.292 e. The fourth-order valence-corrected chi connectivity index (χ4v) is 2.39. The van der Waals surface area contributed by atoms with Crippen molar-refractivity contribution < 1.29 is 4.92 Å². The first-order chi connectivity index (χ1) is 9.52. The maximum Gasteiger partial charge on any atom is 0.292 e. The van der Waals surface area contributed by atoms with Crippen LogP contribution < -0.4 is 10.6 Å². The van der Waals surface area contributed by atoms with Crippen LogP contribution in [0.15, 0.2) is 17.1 Å². The van der Waals surface area contributed by atoms with Crippen molar-refractivity contribution in [2.45, 2.75) is 19.8 Å². The summed E-state index contributed by atoms with van der Waals surface area (Å²) in [5.41, 5.74) is 7.72. The van der Waals surface area contributed by atoms with Crippen molar-refractivity contribution in [2.75, 3.05) is 23.9 Å². The number of amidine groups is 1. The lowest BCUT2D eigenvalue weighted by atomic mass is 10.1. The van der Waals surface area contributed by atoms with E-state index >= 15 is 0 Å². The van der Waals surface area contributed by atoms with E-state index in [4.69, 9.17) is 17.3 Å². The van der Waals surface area contributed by atoms with E-state index in [0.29, 0.717) is 22.8 Å². The van der Waals surface area contributed by atoms with Crippen LogP contribution in [-0.4, -0.2) is 29.7 Å². The number of anilines is 1. The highest BCUT2D eigenvalue weighted by Crippen LogP contribution is 2.36. The van der Waals surface area contributed by atoms with Crippen LogP contribution in [-0.2, 0) is 0 Å². The van der Waals surface area contributed by atoms with Crippen molar-refractivity contribution in [3.63, 3.8) is 0 Å². The Morgan fingerprint density at radius 1 is 1.50 bits per heavy atom. The van der Waals surface area contributed by atoms with Crippen LogP contribution in [0.1, 0.15) is 18.4 Å². The normalized spacial score (nSPS) is 15.7. The third-order valence-corrected chi connectivity index (χ3v) is 3.61. The number of halogens is 1. The number of rotatable bonds is 4. The minimum absolute atomic E-state index is 0.118. The highest BCUT2D eigenvalue weighted by Gasteiger charge is 2.23. The second-order valence-corrected chi connectivity index (χ2v) is 5.08. The predicted octanol–water partition coefficient (Wildman–Crippen LogP) is 2.73. The van der Waals surface area contributed by atoms with Crippen LogP contribution in [0.3, 0.4) is 0 Å². The van der Waals surface area contributed by atoms with Crippen molar-refractivity contribution in [3.8, 4) is 0 Å². The first-order valence-electron chi connectivity index (χ1n) is 6.46. The monoisotopic (exact) mass is 296 g/mol. The van der Waals surface area contributed by atoms with Gasteiger partial charge in [0.05, 0.1) is 16.5 Å². The molecule has 0 unspecified atom stereocenters. The largest absolute Gasteiger partial charge is 0.386 e. The standard InChI is InChI=1S/C13H17ClN4O2/c1-9-6-12(18(19)20)11(17-4-2-3-5-17)7-10(9)16-13(15)8-14/h6-7H,2-5,8H2,1H3,(H2,15,16). The van der Waals surface area contributed by atoms with Gasteiger partial charge in [0, 0.05) is 19.2 Å². The van der Waals surface area contributed by atoms with E-state index in [9.17, 15) is 10.1 Å². The van der Waals surface area contributed by atoms with Gasteiger partial charge in [0.1, 0.15) is 11.5 Å². The van der Waals surface area contributed by atoms with Crippen LogP contribution in [0.2, 0.25) is 0 Å². The molecule has 0 aromatic heterocycles. The van der Waals surface area contributed by atoms with E-state index in [-0.39, 0.29) is 16.5 Å². The average Bonchev–Trinajstić information content (AvgIpc) is 2.94. The zero-order valence-corrected chi connectivity index (χ0v) is 12.1. The summed E-state index contributed by atoms with van der Waals surface area (Å²) in [6, 6.07) is 3.28. The van der Waals surface area contributed by atoms with Crippen LogP contribution in [0.5, 0.6) is 0 Å². The van der Waals surface area contributed by atoms with Gasteiger partial charge in [-0.1, -0.05) is 0 Å². The van der Waals surface area contributed by atoms with E-state index in [1.165, 1.54) is 0 Å². The third-order valence-electron chi connectivity index (χ3n) is 3.34. The van der Waals surface area contributed by atoms with Gasteiger partial charge in [0.2, 0.25) is 0 Å². The molecular weight excluding hydrogens is 280 g/mol. The molecule has 0 amide bonds. The fourth-order valence-electron chi connectivity index (χ4n) is 2.33. The molecule has 108 valence electrons. The number of hydrogen-bond acceptors (Lipinski definition) is 4. The van der Waals surface area contributed by atoms with Gasteiger partial charge in [-0.2, -0.15) is 0 Å². The molecule has 1 saturated heterocycles. The molecule has 1 aliphatic heterocycles. The van der Waals surface area contributed by atoms with E-state index in [2.05, 4.69) is 4.99 Å². The molecule has 2 N–H and O–H groups in total. The molecule has 6 nitrogen and oxygen atoms in total. The summed E-state index contributed by atoms with van der Waals surface area (Å²) in [7, 11) is 0. The predicted molar refractivity (Wildman–Crippen MR) is 81.3 cm³/mol. The molecule has 0 radical (unpaired) electrons. The molecule has 1 aromatic carbocycles. The molecule has 20 heavy (non-hydrogen) atoms. The van der Waals surface area contributed by atoms with Crippen molar-refractivity contribution >= 4 is 34.5 Å². The van der Waals surface area contributed by atoms with Crippen LogP contribution in [0.4, 0.5) is 17.1 Å². The second kappa shape index (κ2) is 6.09. The van der Waals surface area contributed by atoms with Gasteiger partial charge < -0.3 is 10.6 Å². The molecule has 0 bridgehead atoms. The summed E-state index contributed by atoms with van der Waals surface area (Å²) in [4.78, 5) is 17.1. The van der Waals surface area contributed by atoms with Crippen molar-refractivity contribution in [1.29, 1.82) is 0 Å². The Hall–Kier alpha value is -1.82. The van der Waals surface area contributed by atoms with Gasteiger partial charge in [-0.3, -0.25) is 10.1 Å². The first-order valence-corrected chi connectivity index (χ1v) is 6.99. The molecule has 2 rings (SSSR count). The minimum Gasteiger partial charge on any atom is -0.386 e. The lowest BCUT2D eigenvalue weighted by Crippen LogP contribution is -2.19. The van der Waals surface area contributed by atoms with E-state index < -0.39 is 0 Å². The summed E-state index contributed by atoms with van der Waals surface area (Å²) in [5.74, 6) is 0.436. The van der Waals surface area contributed by atoms with Crippen LogP contribution in [0, 0.1) is 17.0 Å². The number of aliphatic imine (C=N–C) groups is 1. The zero-order valence-electron chi connectivity index (χ0n) is 11.3. The SMILES string of the molecule is Cc1cc([N+](=O)[O-])c(N2CCCC2)cc1N=C(N)CCl. The summed E-state index contributed by atoms with van der Waals surface area (Å²) in [6.45, 7) is 3.44. The Morgan fingerprint density at radius 3 is 2.70 bits per heavy atom.